The van der Waals surface area contributed by atoms with Crippen LogP contribution >= 0.6 is 11.6 Å². The molecule has 1 aliphatic heterocycles. The van der Waals surface area contributed by atoms with E-state index in [-0.39, 0.29) is 12.0 Å². The Morgan fingerprint density at radius 3 is 2.70 bits per heavy atom. The second kappa shape index (κ2) is 7.15. The molecule has 0 radical (unpaired) electrons. The predicted octanol–water partition coefficient (Wildman–Crippen LogP) is 3.37. The third-order valence-corrected chi connectivity index (χ3v) is 4.39. The molecule has 1 saturated heterocycles. The first-order chi connectivity index (χ1) is 11.2. The third-order valence-electron chi connectivity index (χ3n) is 4.13. The van der Waals surface area contributed by atoms with Crippen LogP contribution in [0, 0.1) is 0 Å². The van der Waals surface area contributed by atoms with Gasteiger partial charge in [-0.25, -0.2) is 0 Å². The standard InChI is InChI=1S/C17H20ClN3O2/c1-2-23-14-7-9-21(10-8-14)17(22)15-11-19-20-16(15)12-3-5-13(18)6-4-12/h3-6,11,14H,2,7-10H2,1H3,(H,19,20). The van der Waals surface area contributed by atoms with Crippen LogP contribution in [0.1, 0.15) is 30.1 Å². The topological polar surface area (TPSA) is 58.2 Å². The molecule has 0 aliphatic carbocycles. The summed E-state index contributed by atoms with van der Waals surface area (Å²) < 4.78 is 5.64. The highest BCUT2D eigenvalue weighted by Gasteiger charge is 2.26. The van der Waals surface area contributed by atoms with Crippen LogP contribution in [0.3, 0.4) is 0 Å². The Balaban J connectivity index is 1.74. The molecule has 1 N–H and O–H groups in total. The molecule has 6 heteroatoms. The highest BCUT2D eigenvalue weighted by Crippen LogP contribution is 2.25. The van der Waals surface area contributed by atoms with Crippen LogP contribution in [0.15, 0.2) is 30.5 Å². The van der Waals surface area contributed by atoms with Gasteiger partial charge in [0, 0.05) is 30.3 Å². The highest BCUT2D eigenvalue weighted by atomic mass is 35.5. The van der Waals surface area contributed by atoms with Gasteiger partial charge in [-0.1, -0.05) is 23.7 Å². The fourth-order valence-corrected chi connectivity index (χ4v) is 3.04. The first kappa shape index (κ1) is 16.0. The van der Waals surface area contributed by atoms with Crippen molar-refractivity contribution in [3.05, 3.63) is 41.0 Å². The average Bonchev–Trinajstić information content (AvgIpc) is 3.05. The van der Waals surface area contributed by atoms with Crippen molar-refractivity contribution in [3.8, 4) is 11.3 Å². The number of H-pyrrole nitrogens is 1. The second-order valence-corrected chi connectivity index (χ2v) is 6.05. The van der Waals surface area contributed by atoms with Crippen molar-refractivity contribution in [2.75, 3.05) is 19.7 Å². The quantitative estimate of drug-likeness (QED) is 0.933. The van der Waals surface area contributed by atoms with E-state index < -0.39 is 0 Å². The number of aromatic amines is 1. The van der Waals surface area contributed by atoms with Crippen molar-refractivity contribution < 1.29 is 9.53 Å². The number of nitrogens with zero attached hydrogens (tertiary/aromatic N) is 2. The number of carbonyl (C=O) groups is 1. The molecule has 1 fully saturated rings. The van der Waals surface area contributed by atoms with Crippen LogP contribution in [0.25, 0.3) is 11.3 Å². The van der Waals surface area contributed by atoms with Gasteiger partial charge in [0.25, 0.3) is 5.91 Å². The smallest absolute Gasteiger partial charge is 0.257 e. The van der Waals surface area contributed by atoms with E-state index in [4.69, 9.17) is 16.3 Å². The summed E-state index contributed by atoms with van der Waals surface area (Å²) in [6.45, 7) is 4.16. The Labute approximate surface area is 140 Å². The SMILES string of the molecule is CCOC1CCN(C(=O)c2cn[nH]c2-c2ccc(Cl)cc2)CC1. The first-order valence-electron chi connectivity index (χ1n) is 7.89. The van der Waals surface area contributed by atoms with Crippen molar-refractivity contribution in [2.24, 2.45) is 0 Å². The number of aromatic nitrogens is 2. The summed E-state index contributed by atoms with van der Waals surface area (Å²) in [6.07, 6.45) is 3.63. The summed E-state index contributed by atoms with van der Waals surface area (Å²) in [6, 6.07) is 7.38. The van der Waals surface area contributed by atoms with Crippen LogP contribution in [-0.4, -0.2) is 46.8 Å². The number of hydrogen-bond donors (Lipinski definition) is 1. The van der Waals surface area contributed by atoms with E-state index in [1.165, 1.54) is 0 Å². The van der Waals surface area contributed by atoms with E-state index >= 15 is 0 Å². The van der Waals surface area contributed by atoms with Gasteiger partial charge >= 0.3 is 0 Å². The Bertz CT molecular complexity index is 661. The van der Waals surface area contributed by atoms with Gasteiger partial charge in [0.15, 0.2) is 0 Å². The molecule has 1 aromatic carbocycles. The number of halogens is 1. The minimum absolute atomic E-state index is 0.0126. The molecule has 23 heavy (non-hydrogen) atoms. The number of hydrogen-bond acceptors (Lipinski definition) is 3. The van der Waals surface area contributed by atoms with Crippen molar-refractivity contribution in [2.45, 2.75) is 25.9 Å². The summed E-state index contributed by atoms with van der Waals surface area (Å²) in [5.41, 5.74) is 2.24. The lowest BCUT2D eigenvalue weighted by Gasteiger charge is -2.31. The van der Waals surface area contributed by atoms with Crippen LogP contribution in [0.5, 0.6) is 0 Å². The van der Waals surface area contributed by atoms with Gasteiger partial charge < -0.3 is 9.64 Å². The fraction of sp³-hybridized carbons (Fsp3) is 0.412. The fourth-order valence-electron chi connectivity index (χ4n) is 2.92. The van der Waals surface area contributed by atoms with Crippen LogP contribution < -0.4 is 0 Å². The summed E-state index contributed by atoms with van der Waals surface area (Å²) in [5, 5.41) is 7.64. The van der Waals surface area contributed by atoms with Gasteiger partial charge in [0.05, 0.1) is 23.6 Å². The zero-order valence-electron chi connectivity index (χ0n) is 13.1. The summed E-state index contributed by atoms with van der Waals surface area (Å²) in [7, 11) is 0. The molecule has 3 rings (SSSR count). The lowest BCUT2D eigenvalue weighted by molar-refractivity contribution is 0.0146. The number of carbonyl (C=O) groups excluding carboxylic acids is 1. The molecule has 0 spiro atoms. The number of rotatable bonds is 4. The van der Waals surface area contributed by atoms with E-state index in [1.54, 1.807) is 18.3 Å². The molecular formula is C17H20ClN3O2. The van der Waals surface area contributed by atoms with Crippen molar-refractivity contribution in [3.63, 3.8) is 0 Å². The van der Waals surface area contributed by atoms with Crippen LogP contribution in [-0.2, 0) is 4.74 Å². The molecule has 1 amide bonds. The number of ether oxygens (including phenoxy) is 1. The zero-order chi connectivity index (χ0) is 16.2. The number of likely N-dealkylation sites (tertiary alicyclic amines) is 1. The molecule has 122 valence electrons. The van der Waals surface area contributed by atoms with Gasteiger partial charge in [0.2, 0.25) is 0 Å². The van der Waals surface area contributed by atoms with Crippen molar-refractivity contribution >= 4 is 17.5 Å². The minimum atomic E-state index is 0.0126. The summed E-state index contributed by atoms with van der Waals surface area (Å²) in [5.74, 6) is 0.0126. The van der Waals surface area contributed by atoms with Gasteiger partial charge in [-0.15, -0.1) is 0 Å². The molecular weight excluding hydrogens is 314 g/mol. The largest absolute Gasteiger partial charge is 0.378 e. The number of nitrogens with one attached hydrogen (secondary N) is 1. The van der Waals surface area contributed by atoms with Crippen LogP contribution in [0.2, 0.25) is 5.02 Å². The normalized spacial score (nSPS) is 15.8. The highest BCUT2D eigenvalue weighted by molar-refractivity contribution is 6.30. The van der Waals surface area contributed by atoms with Crippen molar-refractivity contribution in [1.82, 2.24) is 15.1 Å². The Kier molecular flexibility index (Phi) is 4.98. The van der Waals surface area contributed by atoms with E-state index in [1.807, 2.05) is 24.0 Å². The average molecular weight is 334 g/mol. The molecule has 0 atom stereocenters. The molecule has 1 aromatic heterocycles. The predicted molar refractivity (Wildman–Crippen MR) is 89.6 cm³/mol. The second-order valence-electron chi connectivity index (χ2n) is 5.61. The van der Waals surface area contributed by atoms with Gasteiger partial charge in [-0.05, 0) is 31.9 Å². The molecule has 5 nitrogen and oxygen atoms in total. The third kappa shape index (κ3) is 3.57. The first-order valence-corrected chi connectivity index (χ1v) is 8.27. The van der Waals surface area contributed by atoms with E-state index in [0.29, 0.717) is 10.6 Å². The minimum Gasteiger partial charge on any atom is -0.378 e. The van der Waals surface area contributed by atoms with Gasteiger partial charge in [0.1, 0.15) is 0 Å². The molecule has 0 saturated carbocycles. The van der Waals surface area contributed by atoms with E-state index in [9.17, 15) is 4.79 Å². The lowest BCUT2D eigenvalue weighted by Crippen LogP contribution is -2.41. The number of amides is 1. The maximum absolute atomic E-state index is 12.8. The Morgan fingerprint density at radius 1 is 1.35 bits per heavy atom. The zero-order valence-corrected chi connectivity index (χ0v) is 13.8. The van der Waals surface area contributed by atoms with E-state index in [2.05, 4.69) is 10.2 Å². The monoisotopic (exact) mass is 333 g/mol. The molecule has 2 heterocycles. The summed E-state index contributed by atoms with van der Waals surface area (Å²) in [4.78, 5) is 14.7. The Hall–Kier alpha value is -1.85. The number of benzene rings is 1. The van der Waals surface area contributed by atoms with Crippen molar-refractivity contribution in [1.29, 1.82) is 0 Å². The summed E-state index contributed by atoms with van der Waals surface area (Å²) >= 11 is 5.92. The Morgan fingerprint density at radius 2 is 2.04 bits per heavy atom. The number of piperidine rings is 1. The maximum atomic E-state index is 12.8. The molecule has 0 unspecified atom stereocenters. The van der Waals surface area contributed by atoms with Crippen LogP contribution in [0.4, 0.5) is 0 Å². The van der Waals surface area contributed by atoms with Gasteiger partial charge in [-0.2, -0.15) is 5.10 Å². The molecule has 0 bridgehead atoms. The van der Waals surface area contributed by atoms with E-state index in [0.717, 1.165) is 43.8 Å². The van der Waals surface area contributed by atoms with Gasteiger partial charge in [-0.3, -0.25) is 9.89 Å². The molecule has 1 aliphatic rings. The molecule has 2 aromatic rings. The lowest BCUT2D eigenvalue weighted by atomic mass is 10.0. The maximum Gasteiger partial charge on any atom is 0.257 e.